The van der Waals surface area contributed by atoms with Crippen molar-refractivity contribution in [3.05, 3.63) is 0 Å². The molecule has 0 aromatic heterocycles. The molecule has 0 radical (unpaired) electrons. The van der Waals surface area contributed by atoms with Crippen LogP contribution in [0.25, 0.3) is 0 Å². The first-order chi connectivity index (χ1) is 14.8. The minimum Gasteiger partial charge on any atom is -0.546 e. The van der Waals surface area contributed by atoms with Crippen LogP contribution in [0.2, 0.25) is 0 Å². The van der Waals surface area contributed by atoms with Gasteiger partial charge in [-0.2, -0.15) is 0 Å². The largest absolute Gasteiger partial charge is 1.00 e. The molecule has 0 fully saturated rings. The van der Waals surface area contributed by atoms with Gasteiger partial charge in [0.05, 0.1) is 38.8 Å². The van der Waals surface area contributed by atoms with Crippen molar-refractivity contribution in [2.24, 2.45) is 0 Å². The zero-order chi connectivity index (χ0) is 25.0. The Hall–Kier alpha value is -1.89. The topological polar surface area (TPSA) is 266 Å². The number of carbonyl (C=O) groups excluding carboxylic acids is 2. The Morgan fingerprint density at radius 1 is 0.758 bits per heavy atom. The first kappa shape index (κ1) is 33.3. The first-order valence-electron chi connectivity index (χ1n) is 8.93. The molecule has 0 heterocycles. The van der Waals surface area contributed by atoms with Crippen LogP contribution >= 0.6 is 0 Å². The molecule has 0 unspecified atom stereocenters. The van der Waals surface area contributed by atoms with Gasteiger partial charge in [0.2, 0.25) is 0 Å². The molecule has 0 saturated carbocycles. The molecule has 7 N–H and O–H groups in total. The average molecular weight is 492 g/mol. The molecule has 33 heavy (non-hydrogen) atoms. The maximum atomic E-state index is 12.1. The van der Waals surface area contributed by atoms with Crippen molar-refractivity contribution in [2.75, 3.05) is 45.9 Å². The van der Waals surface area contributed by atoms with Gasteiger partial charge in [0.1, 0.15) is 18.3 Å². The Labute approximate surface area is 208 Å². The van der Waals surface area contributed by atoms with Gasteiger partial charge in [-0.3, -0.25) is 29.0 Å². The zero-order valence-electron chi connectivity index (χ0n) is 17.6. The van der Waals surface area contributed by atoms with Crippen LogP contribution in [0.4, 0.5) is 0 Å². The van der Waals surface area contributed by atoms with Crippen LogP contribution in [-0.4, -0.2) is 146 Å². The van der Waals surface area contributed by atoms with Gasteiger partial charge >= 0.3 is 53.4 Å². The molecule has 0 aromatic rings. The molecule has 0 rings (SSSR count). The second kappa shape index (κ2) is 16.7. The monoisotopic (exact) mass is 492 g/mol. The van der Waals surface area contributed by atoms with Gasteiger partial charge in [-0.1, -0.05) is 0 Å². The summed E-state index contributed by atoms with van der Waals surface area (Å²) in [6.07, 6.45) is -9.09. The molecular formula is C16H25N2NaO14. The maximum Gasteiger partial charge on any atom is 1.00 e. The van der Waals surface area contributed by atoms with Crippen LogP contribution in [-0.2, 0) is 28.7 Å². The van der Waals surface area contributed by atoms with Crippen molar-refractivity contribution in [3.8, 4) is 0 Å². The summed E-state index contributed by atoms with van der Waals surface area (Å²) in [5.74, 6) is -7.70. The predicted molar refractivity (Wildman–Crippen MR) is 95.8 cm³/mol. The van der Waals surface area contributed by atoms with Gasteiger partial charge in [-0.25, -0.2) is 0 Å². The molecule has 16 nitrogen and oxygen atoms in total. The molecule has 17 heteroatoms. The number of carboxylic acids is 4. The fourth-order valence-corrected chi connectivity index (χ4v) is 2.42. The van der Waals surface area contributed by atoms with Gasteiger partial charge in [0, 0.05) is 13.1 Å². The van der Waals surface area contributed by atoms with Gasteiger partial charge in [-0.05, 0) is 0 Å². The number of hydrogen-bond donors (Lipinski definition) is 7. The third kappa shape index (κ3) is 14.1. The second-order valence-electron chi connectivity index (χ2n) is 6.56. The molecular weight excluding hydrogens is 467 g/mol. The Bertz CT molecular complexity index is 662. The van der Waals surface area contributed by atoms with Crippen molar-refractivity contribution in [1.29, 1.82) is 0 Å². The summed E-state index contributed by atoms with van der Waals surface area (Å²) in [4.78, 5) is 57.6. The van der Waals surface area contributed by atoms with E-state index in [1.807, 2.05) is 0 Å². The van der Waals surface area contributed by atoms with Gasteiger partial charge in [0.25, 0.3) is 0 Å². The van der Waals surface area contributed by atoms with Crippen molar-refractivity contribution in [1.82, 2.24) is 9.80 Å². The number of nitrogens with zero attached hydrogens (tertiary/aromatic N) is 2. The van der Waals surface area contributed by atoms with Crippen molar-refractivity contribution in [2.45, 2.75) is 24.4 Å². The smallest absolute Gasteiger partial charge is 0.546 e. The minimum absolute atomic E-state index is 0. The molecule has 0 aliphatic rings. The van der Waals surface area contributed by atoms with Crippen LogP contribution in [0.3, 0.4) is 0 Å². The van der Waals surface area contributed by atoms with Crippen LogP contribution in [0.5, 0.6) is 0 Å². The van der Waals surface area contributed by atoms with E-state index in [1.54, 1.807) is 0 Å². The SMILES string of the molecule is O=C(O)CN(CCN(CC(=O)O)CC(=O)O[C@@H](C(=O)[O-])[C@@H](O)[C@H](O)[C@H](O)CO)CC(=O)O.[Na+]. The molecule has 0 spiro atoms. The molecule has 184 valence electrons. The third-order valence-corrected chi connectivity index (χ3v) is 3.89. The van der Waals surface area contributed by atoms with Gasteiger partial charge < -0.3 is 50.4 Å². The van der Waals surface area contributed by atoms with Gasteiger partial charge in [0.15, 0.2) is 6.10 Å². The second-order valence-corrected chi connectivity index (χ2v) is 6.56. The number of aliphatic hydroxyl groups excluding tert-OH is 4. The zero-order valence-corrected chi connectivity index (χ0v) is 19.6. The first-order valence-corrected chi connectivity index (χ1v) is 8.93. The summed E-state index contributed by atoms with van der Waals surface area (Å²) in [5.41, 5.74) is 0. The van der Waals surface area contributed by atoms with E-state index in [0.29, 0.717) is 0 Å². The summed E-state index contributed by atoms with van der Waals surface area (Å²) >= 11 is 0. The summed E-state index contributed by atoms with van der Waals surface area (Å²) in [6.45, 7) is -4.76. The fourth-order valence-electron chi connectivity index (χ4n) is 2.42. The number of aliphatic hydroxyl groups is 4. The predicted octanol–water partition coefficient (Wildman–Crippen LogP) is -9.42. The maximum absolute atomic E-state index is 12.1. The van der Waals surface area contributed by atoms with E-state index < -0.39 is 87.0 Å². The van der Waals surface area contributed by atoms with Crippen LogP contribution < -0.4 is 34.7 Å². The molecule has 0 amide bonds. The summed E-state index contributed by atoms with van der Waals surface area (Å²) in [7, 11) is 0. The van der Waals surface area contributed by atoms with Gasteiger partial charge in [-0.15, -0.1) is 0 Å². The Balaban J connectivity index is 0. The number of esters is 1. The van der Waals surface area contributed by atoms with Crippen molar-refractivity contribution >= 4 is 29.8 Å². The molecule has 0 bridgehead atoms. The number of carboxylic acid groups (broad SMARTS) is 4. The fraction of sp³-hybridized carbons (Fsp3) is 0.688. The Morgan fingerprint density at radius 2 is 1.15 bits per heavy atom. The normalized spacial score (nSPS) is 14.6. The molecule has 0 aliphatic heterocycles. The molecule has 4 atom stereocenters. The number of ether oxygens (including phenoxy) is 1. The standard InChI is InChI=1S/C16H26N2O14.Na/c19-7-8(20)13(28)14(29)15(16(30)31)32-12(27)6-18(5-11(25)26)2-1-17(3-9(21)22)4-10(23)24;/h8,13-15,19-20,28-29H,1-7H2,(H,21,22)(H,23,24)(H,25,26)(H,30,31);/q;+1/p-1/t8-,13-,14+,15-;/m1./s1. The number of rotatable bonds is 17. The van der Waals surface area contributed by atoms with Crippen LogP contribution in [0.15, 0.2) is 0 Å². The van der Waals surface area contributed by atoms with E-state index in [1.165, 1.54) is 0 Å². The average Bonchev–Trinajstić information content (AvgIpc) is 2.66. The Morgan fingerprint density at radius 3 is 1.48 bits per heavy atom. The van der Waals surface area contributed by atoms with Crippen molar-refractivity contribution < 1.29 is 99.1 Å². The summed E-state index contributed by atoms with van der Waals surface area (Å²) in [6, 6.07) is 0. The van der Waals surface area contributed by atoms with Crippen molar-refractivity contribution in [3.63, 3.8) is 0 Å². The Kier molecular flexibility index (Phi) is 16.8. The number of carbonyl (C=O) groups is 5. The quantitative estimate of drug-likeness (QED) is 0.0733. The molecule has 0 aliphatic carbocycles. The molecule has 0 saturated heterocycles. The summed E-state index contributed by atoms with van der Waals surface area (Å²) < 4.78 is 4.50. The van der Waals surface area contributed by atoms with Crippen LogP contribution in [0.1, 0.15) is 0 Å². The van der Waals surface area contributed by atoms with Crippen LogP contribution in [0, 0.1) is 0 Å². The minimum atomic E-state index is -2.49. The van der Waals surface area contributed by atoms with E-state index in [4.69, 9.17) is 20.4 Å². The van der Waals surface area contributed by atoms with E-state index in [9.17, 15) is 44.4 Å². The van der Waals surface area contributed by atoms with E-state index in [-0.39, 0.29) is 42.6 Å². The van der Waals surface area contributed by atoms with E-state index in [0.717, 1.165) is 9.80 Å². The number of aliphatic carboxylic acids is 4. The molecule has 0 aromatic carbocycles. The summed E-state index contributed by atoms with van der Waals surface area (Å²) in [5, 5.41) is 75.1. The van der Waals surface area contributed by atoms with E-state index in [2.05, 4.69) is 4.74 Å². The van der Waals surface area contributed by atoms with E-state index >= 15 is 0 Å². The number of hydrogen-bond acceptors (Lipinski definition) is 13. The third-order valence-electron chi connectivity index (χ3n) is 3.89.